The predicted molar refractivity (Wildman–Crippen MR) is 68.9 cm³/mol. The van der Waals surface area contributed by atoms with Gasteiger partial charge in [0.15, 0.2) is 0 Å². The van der Waals surface area contributed by atoms with Crippen LogP contribution < -0.4 is 4.74 Å². The van der Waals surface area contributed by atoms with Crippen molar-refractivity contribution in [2.24, 2.45) is 0 Å². The normalized spacial score (nSPS) is 30.4. The SMILES string of the molecule is COc1ccc([C@H]2C[C@H](C)N(O)[C@@H]2[C@H](C)O)cc1. The zero-order valence-corrected chi connectivity index (χ0v) is 11.1. The van der Waals surface area contributed by atoms with E-state index >= 15 is 0 Å². The lowest BCUT2D eigenvalue weighted by atomic mass is 9.88. The van der Waals surface area contributed by atoms with Crippen molar-refractivity contribution < 1.29 is 15.1 Å². The number of aliphatic hydroxyl groups is 1. The topological polar surface area (TPSA) is 52.9 Å². The zero-order chi connectivity index (χ0) is 13.3. The summed E-state index contributed by atoms with van der Waals surface area (Å²) < 4.78 is 5.14. The third-order valence-electron chi connectivity index (χ3n) is 3.80. The molecule has 1 fully saturated rings. The smallest absolute Gasteiger partial charge is 0.118 e. The Balaban J connectivity index is 2.25. The van der Waals surface area contributed by atoms with Gasteiger partial charge < -0.3 is 15.1 Å². The highest BCUT2D eigenvalue weighted by atomic mass is 16.5. The summed E-state index contributed by atoms with van der Waals surface area (Å²) in [4.78, 5) is 0. The molecule has 4 nitrogen and oxygen atoms in total. The van der Waals surface area contributed by atoms with Crippen LogP contribution in [0.25, 0.3) is 0 Å². The minimum atomic E-state index is -0.563. The van der Waals surface area contributed by atoms with Gasteiger partial charge in [0.2, 0.25) is 0 Å². The van der Waals surface area contributed by atoms with Gasteiger partial charge in [-0.1, -0.05) is 12.1 Å². The molecule has 1 aliphatic rings. The molecule has 1 aromatic rings. The molecule has 0 spiro atoms. The van der Waals surface area contributed by atoms with E-state index in [0.29, 0.717) is 0 Å². The molecule has 0 amide bonds. The van der Waals surface area contributed by atoms with Crippen LogP contribution in [0.15, 0.2) is 24.3 Å². The minimum Gasteiger partial charge on any atom is -0.497 e. The van der Waals surface area contributed by atoms with Gasteiger partial charge in [0.25, 0.3) is 0 Å². The van der Waals surface area contributed by atoms with E-state index in [1.54, 1.807) is 14.0 Å². The molecular weight excluding hydrogens is 230 g/mol. The fourth-order valence-corrected chi connectivity index (χ4v) is 2.83. The van der Waals surface area contributed by atoms with Gasteiger partial charge in [-0.25, -0.2) is 0 Å². The van der Waals surface area contributed by atoms with Crippen LogP contribution in [-0.4, -0.2) is 40.7 Å². The highest BCUT2D eigenvalue weighted by molar-refractivity contribution is 5.31. The van der Waals surface area contributed by atoms with Gasteiger partial charge in [-0.05, 0) is 38.0 Å². The molecule has 4 atom stereocenters. The number of hydroxylamine groups is 2. The first kappa shape index (κ1) is 13.3. The van der Waals surface area contributed by atoms with Crippen LogP contribution in [0.5, 0.6) is 5.75 Å². The lowest BCUT2D eigenvalue weighted by Crippen LogP contribution is -2.40. The maximum Gasteiger partial charge on any atom is 0.118 e. The minimum absolute atomic E-state index is 0.0664. The zero-order valence-electron chi connectivity index (χ0n) is 11.1. The fraction of sp³-hybridized carbons (Fsp3) is 0.571. The molecule has 0 aromatic heterocycles. The second-order valence-corrected chi connectivity index (χ2v) is 5.08. The van der Waals surface area contributed by atoms with Gasteiger partial charge in [0.05, 0.1) is 19.3 Å². The van der Waals surface area contributed by atoms with Gasteiger partial charge in [-0.3, -0.25) is 0 Å². The average Bonchev–Trinajstić information content (AvgIpc) is 2.66. The van der Waals surface area contributed by atoms with Gasteiger partial charge >= 0.3 is 0 Å². The van der Waals surface area contributed by atoms with Gasteiger partial charge in [0.1, 0.15) is 5.75 Å². The largest absolute Gasteiger partial charge is 0.497 e. The highest BCUT2D eigenvalue weighted by Crippen LogP contribution is 2.38. The van der Waals surface area contributed by atoms with E-state index in [9.17, 15) is 10.3 Å². The third-order valence-corrected chi connectivity index (χ3v) is 3.80. The predicted octanol–water partition coefficient (Wildman–Crippen LogP) is 2.01. The summed E-state index contributed by atoms with van der Waals surface area (Å²) >= 11 is 0. The molecule has 1 aliphatic heterocycles. The molecule has 18 heavy (non-hydrogen) atoms. The molecule has 1 heterocycles. The van der Waals surface area contributed by atoms with Crippen molar-refractivity contribution in [2.45, 2.75) is 44.4 Å². The first-order valence-corrected chi connectivity index (χ1v) is 6.33. The van der Waals surface area contributed by atoms with Crippen molar-refractivity contribution >= 4 is 0 Å². The number of hydrogen-bond acceptors (Lipinski definition) is 4. The van der Waals surface area contributed by atoms with E-state index in [1.807, 2.05) is 31.2 Å². The van der Waals surface area contributed by atoms with Gasteiger partial charge in [-0.2, -0.15) is 5.06 Å². The van der Waals surface area contributed by atoms with E-state index in [4.69, 9.17) is 4.74 Å². The van der Waals surface area contributed by atoms with Crippen molar-refractivity contribution in [1.82, 2.24) is 5.06 Å². The number of aliphatic hydroxyl groups excluding tert-OH is 1. The summed E-state index contributed by atoms with van der Waals surface area (Å²) in [6.45, 7) is 3.70. The van der Waals surface area contributed by atoms with Crippen molar-refractivity contribution in [3.8, 4) is 5.75 Å². The summed E-state index contributed by atoms with van der Waals surface area (Å²) in [6, 6.07) is 7.67. The second-order valence-electron chi connectivity index (χ2n) is 5.08. The number of methoxy groups -OCH3 is 1. The summed E-state index contributed by atoms with van der Waals surface area (Å²) in [5.74, 6) is 0.968. The van der Waals surface area contributed by atoms with Crippen molar-refractivity contribution in [3.63, 3.8) is 0 Å². The molecule has 0 unspecified atom stereocenters. The van der Waals surface area contributed by atoms with Crippen LogP contribution >= 0.6 is 0 Å². The Bertz CT molecular complexity index is 391. The first-order chi connectivity index (χ1) is 8.54. The van der Waals surface area contributed by atoms with Gasteiger partial charge in [-0.15, -0.1) is 0 Å². The molecule has 1 saturated heterocycles. The lowest BCUT2D eigenvalue weighted by molar-refractivity contribution is -0.153. The van der Waals surface area contributed by atoms with Crippen LogP contribution in [0.3, 0.4) is 0 Å². The summed E-state index contributed by atoms with van der Waals surface area (Å²) in [5, 5.41) is 21.1. The van der Waals surface area contributed by atoms with Crippen LogP contribution in [0, 0.1) is 0 Å². The molecule has 1 aromatic carbocycles. The van der Waals surface area contributed by atoms with E-state index < -0.39 is 6.10 Å². The van der Waals surface area contributed by atoms with Crippen molar-refractivity contribution in [1.29, 1.82) is 0 Å². The summed E-state index contributed by atoms with van der Waals surface area (Å²) in [5.41, 5.74) is 1.13. The summed E-state index contributed by atoms with van der Waals surface area (Å²) in [7, 11) is 1.64. The maximum absolute atomic E-state index is 10.0. The molecule has 0 saturated carbocycles. The Labute approximate surface area is 108 Å². The third kappa shape index (κ3) is 2.36. The Morgan fingerprint density at radius 1 is 1.33 bits per heavy atom. The molecule has 0 bridgehead atoms. The van der Waals surface area contributed by atoms with Crippen LogP contribution in [0.2, 0.25) is 0 Å². The molecule has 100 valence electrons. The van der Waals surface area contributed by atoms with E-state index in [-0.39, 0.29) is 18.0 Å². The van der Waals surface area contributed by atoms with Crippen molar-refractivity contribution in [2.75, 3.05) is 7.11 Å². The van der Waals surface area contributed by atoms with Crippen molar-refractivity contribution in [3.05, 3.63) is 29.8 Å². The second kappa shape index (κ2) is 5.26. The van der Waals surface area contributed by atoms with E-state index in [2.05, 4.69) is 0 Å². The molecule has 2 rings (SSSR count). The number of ether oxygens (including phenoxy) is 1. The molecule has 2 N–H and O–H groups in total. The maximum atomic E-state index is 10.0. The Morgan fingerprint density at radius 2 is 1.94 bits per heavy atom. The Hall–Kier alpha value is -1.10. The Morgan fingerprint density at radius 3 is 2.44 bits per heavy atom. The number of benzene rings is 1. The quantitative estimate of drug-likeness (QED) is 0.863. The number of hydrogen-bond donors (Lipinski definition) is 2. The van der Waals surface area contributed by atoms with Gasteiger partial charge in [0, 0.05) is 12.0 Å². The first-order valence-electron chi connectivity index (χ1n) is 6.33. The lowest BCUT2D eigenvalue weighted by Gasteiger charge is -2.27. The van der Waals surface area contributed by atoms with Crippen LogP contribution in [0.4, 0.5) is 0 Å². The number of nitrogens with zero attached hydrogens (tertiary/aromatic N) is 1. The molecule has 4 heteroatoms. The monoisotopic (exact) mass is 251 g/mol. The number of rotatable bonds is 3. The van der Waals surface area contributed by atoms with E-state index in [1.165, 1.54) is 5.06 Å². The summed E-state index contributed by atoms with van der Waals surface area (Å²) in [6.07, 6.45) is 0.283. The standard InChI is InChI=1S/C14H21NO3/c1-9-8-13(14(10(2)16)15(9)17)11-4-6-12(18-3)7-5-11/h4-7,9-10,13-14,16-17H,8H2,1-3H3/t9-,10-,13+,14+/m0/s1. The Kier molecular flexibility index (Phi) is 3.90. The molecule has 0 radical (unpaired) electrons. The van der Waals surface area contributed by atoms with Crippen LogP contribution in [0.1, 0.15) is 31.7 Å². The van der Waals surface area contributed by atoms with Crippen LogP contribution in [-0.2, 0) is 0 Å². The molecular formula is C14H21NO3. The average molecular weight is 251 g/mol. The highest BCUT2D eigenvalue weighted by Gasteiger charge is 2.41. The van der Waals surface area contributed by atoms with E-state index in [0.717, 1.165) is 17.7 Å². The molecule has 0 aliphatic carbocycles. The fourth-order valence-electron chi connectivity index (χ4n) is 2.83.